The molecule has 1 fully saturated rings. The van der Waals surface area contributed by atoms with E-state index in [1.165, 1.54) is 0 Å². The molecule has 1 heterocycles. The van der Waals surface area contributed by atoms with Gasteiger partial charge in [0.25, 0.3) is 0 Å². The number of hydrogen-bond acceptors (Lipinski definition) is 3. The monoisotopic (exact) mass is 222 g/mol. The summed E-state index contributed by atoms with van der Waals surface area (Å²) < 4.78 is 22.2. The normalized spacial score (nSPS) is 25.5. The Labute approximate surface area is 84.0 Å². The second-order valence-corrected chi connectivity index (χ2v) is 5.74. The van der Waals surface area contributed by atoms with Crippen molar-refractivity contribution in [1.82, 2.24) is 10.6 Å². The van der Waals surface area contributed by atoms with E-state index in [-0.39, 0.29) is 17.5 Å². The van der Waals surface area contributed by atoms with Crippen LogP contribution in [0.3, 0.4) is 0 Å². The summed E-state index contributed by atoms with van der Waals surface area (Å²) in [4.78, 5) is 0. The Hall–Kier alpha value is -0.360. The van der Waals surface area contributed by atoms with Gasteiger partial charge in [-0.15, -0.1) is 0 Å². The summed E-state index contributed by atoms with van der Waals surface area (Å²) in [5.74, 6) is 0.484. The van der Waals surface area contributed by atoms with Gasteiger partial charge in [-0.1, -0.05) is 0 Å². The third-order valence-electron chi connectivity index (χ3n) is 1.90. The molecule has 1 aliphatic rings. The number of nitrogens with one attached hydrogen (secondary N) is 2. The zero-order chi connectivity index (χ0) is 9.90. The van der Waals surface area contributed by atoms with Crippen LogP contribution in [-0.2, 0) is 9.84 Å². The summed E-state index contributed by atoms with van der Waals surface area (Å²) in [7, 11) is -2.81. The third kappa shape index (κ3) is 3.48. The molecule has 4 nitrogen and oxygen atoms in total. The SMILES string of the molecule is CCNC(=S)NC1CCS(=O)(=O)C1. The highest BCUT2D eigenvalue weighted by Crippen LogP contribution is 2.10. The fourth-order valence-corrected chi connectivity index (χ4v) is 3.29. The summed E-state index contributed by atoms with van der Waals surface area (Å²) in [6.45, 7) is 2.70. The van der Waals surface area contributed by atoms with E-state index >= 15 is 0 Å². The summed E-state index contributed by atoms with van der Waals surface area (Å²) in [6, 6.07) is -0.00319. The van der Waals surface area contributed by atoms with Gasteiger partial charge in [0.05, 0.1) is 11.5 Å². The van der Waals surface area contributed by atoms with Gasteiger partial charge in [0.2, 0.25) is 0 Å². The van der Waals surface area contributed by atoms with E-state index in [0.717, 1.165) is 6.54 Å². The van der Waals surface area contributed by atoms with E-state index in [9.17, 15) is 8.42 Å². The lowest BCUT2D eigenvalue weighted by atomic mass is 10.3. The second-order valence-electron chi connectivity index (χ2n) is 3.10. The Morgan fingerprint density at radius 3 is 2.77 bits per heavy atom. The van der Waals surface area contributed by atoms with Crippen molar-refractivity contribution in [3.8, 4) is 0 Å². The van der Waals surface area contributed by atoms with Gasteiger partial charge in [-0.25, -0.2) is 8.42 Å². The molecule has 1 unspecified atom stereocenters. The largest absolute Gasteiger partial charge is 0.363 e. The van der Waals surface area contributed by atoms with Crippen LogP contribution in [0.5, 0.6) is 0 Å². The van der Waals surface area contributed by atoms with Gasteiger partial charge in [-0.05, 0) is 25.6 Å². The molecule has 0 aromatic heterocycles. The van der Waals surface area contributed by atoms with Gasteiger partial charge >= 0.3 is 0 Å². The quantitative estimate of drug-likeness (QED) is 0.626. The first-order chi connectivity index (χ1) is 6.03. The summed E-state index contributed by atoms with van der Waals surface area (Å²) >= 11 is 4.95. The molecule has 0 aromatic carbocycles. The van der Waals surface area contributed by atoms with Crippen LogP contribution in [0.15, 0.2) is 0 Å². The maximum absolute atomic E-state index is 11.1. The zero-order valence-electron chi connectivity index (χ0n) is 7.54. The average Bonchev–Trinajstić information content (AvgIpc) is 2.30. The Kier molecular flexibility index (Phi) is 3.49. The minimum Gasteiger partial charge on any atom is -0.363 e. The van der Waals surface area contributed by atoms with Crippen LogP contribution in [0.1, 0.15) is 13.3 Å². The van der Waals surface area contributed by atoms with Gasteiger partial charge in [0.15, 0.2) is 14.9 Å². The first-order valence-corrected chi connectivity index (χ1v) is 6.51. The number of rotatable bonds is 2. The first kappa shape index (κ1) is 10.7. The summed E-state index contributed by atoms with van der Waals surface area (Å²) in [5.41, 5.74) is 0. The molecule has 0 saturated carbocycles. The number of hydrogen-bond donors (Lipinski definition) is 2. The van der Waals surface area contributed by atoms with Crippen LogP contribution in [0.2, 0.25) is 0 Å². The van der Waals surface area contributed by atoms with Crippen LogP contribution in [-0.4, -0.2) is 37.6 Å². The van der Waals surface area contributed by atoms with Crippen molar-refractivity contribution < 1.29 is 8.42 Å². The van der Waals surface area contributed by atoms with Gasteiger partial charge in [-0.2, -0.15) is 0 Å². The molecule has 13 heavy (non-hydrogen) atoms. The van der Waals surface area contributed by atoms with E-state index in [2.05, 4.69) is 10.6 Å². The lowest BCUT2D eigenvalue weighted by Gasteiger charge is -2.13. The van der Waals surface area contributed by atoms with Gasteiger partial charge in [-0.3, -0.25) is 0 Å². The van der Waals surface area contributed by atoms with Crippen molar-refractivity contribution in [1.29, 1.82) is 0 Å². The average molecular weight is 222 g/mol. The van der Waals surface area contributed by atoms with Gasteiger partial charge < -0.3 is 10.6 Å². The van der Waals surface area contributed by atoms with Gasteiger partial charge in [0.1, 0.15) is 0 Å². The molecule has 0 spiro atoms. The molecule has 0 aromatic rings. The molecule has 6 heteroatoms. The summed E-state index contributed by atoms with van der Waals surface area (Å²) in [6.07, 6.45) is 0.661. The van der Waals surface area contributed by atoms with Crippen LogP contribution in [0, 0.1) is 0 Å². The molecule has 76 valence electrons. The summed E-state index contributed by atoms with van der Waals surface area (Å²) in [5, 5.41) is 6.45. The Balaban J connectivity index is 2.36. The van der Waals surface area contributed by atoms with Crippen molar-refractivity contribution in [2.75, 3.05) is 18.1 Å². The Bertz CT molecular complexity index is 287. The van der Waals surface area contributed by atoms with Crippen LogP contribution in [0.4, 0.5) is 0 Å². The van der Waals surface area contributed by atoms with E-state index in [1.807, 2.05) is 6.92 Å². The fraction of sp³-hybridized carbons (Fsp3) is 0.857. The molecule has 1 saturated heterocycles. The van der Waals surface area contributed by atoms with Gasteiger partial charge in [0, 0.05) is 12.6 Å². The smallest absolute Gasteiger partial charge is 0.166 e. The van der Waals surface area contributed by atoms with Crippen LogP contribution in [0.25, 0.3) is 0 Å². The van der Waals surface area contributed by atoms with Crippen LogP contribution < -0.4 is 10.6 Å². The molecule has 0 aliphatic carbocycles. The Morgan fingerprint density at radius 1 is 1.62 bits per heavy atom. The molecule has 0 radical (unpaired) electrons. The van der Waals surface area contributed by atoms with E-state index < -0.39 is 9.84 Å². The maximum Gasteiger partial charge on any atom is 0.166 e. The van der Waals surface area contributed by atoms with E-state index in [1.54, 1.807) is 0 Å². The highest BCUT2D eigenvalue weighted by molar-refractivity contribution is 7.91. The lowest BCUT2D eigenvalue weighted by molar-refractivity contribution is 0.600. The molecule has 0 bridgehead atoms. The van der Waals surface area contributed by atoms with Crippen molar-refractivity contribution in [3.63, 3.8) is 0 Å². The van der Waals surface area contributed by atoms with Crippen LogP contribution >= 0.6 is 12.2 Å². The minimum absolute atomic E-state index is 0.00319. The predicted molar refractivity (Wildman–Crippen MR) is 56.5 cm³/mol. The first-order valence-electron chi connectivity index (χ1n) is 4.28. The molecule has 1 aliphatic heterocycles. The number of sulfone groups is 1. The van der Waals surface area contributed by atoms with E-state index in [4.69, 9.17) is 12.2 Å². The van der Waals surface area contributed by atoms with Crippen molar-refractivity contribution in [3.05, 3.63) is 0 Å². The molecule has 2 N–H and O–H groups in total. The molecular weight excluding hydrogens is 208 g/mol. The zero-order valence-corrected chi connectivity index (χ0v) is 9.17. The fourth-order valence-electron chi connectivity index (χ4n) is 1.31. The van der Waals surface area contributed by atoms with Crippen molar-refractivity contribution in [2.24, 2.45) is 0 Å². The minimum atomic E-state index is -2.81. The maximum atomic E-state index is 11.1. The molecule has 0 amide bonds. The number of thiocarbonyl (C=S) groups is 1. The van der Waals surface area contributed by atoms with E-state index in [0.29, 0.717) is 11.5 Å². The molecule has 1 atom stereocenters. The second kappa shape index (κ2) is 4.23. The third-order valence-corrected chi connectivity index (χ3v) is 3.94. The lowest BCUT2D eigenvalue weighted by Crippen LogP contribution is -2.42. The highest BCUT2D eigenvalue weighted by atomic mass is 32.2. The van der Waals surface area contributed by atoms with Crippen molar-refractivity contribution >= 4 is 27.2 Å². The highest BCUT2D eigenvalue weighted by Gasteiger charge is 2.27. The molecular formula is C7H14N2O2S2. The molecule has 1 rings (SSSR count). The predicted octanol–water partition coefficient (Wildman–Crippen LogP) is -0.342. The topological polar surface area (TPSA) is 58.2 Å². The van der Waals surface area contributed by atoms with Crippen molar-refractivity contribution in [2.45, 2.75) is 19.4 Å². The Morgan fingerprint density at radius 2 is 2.31 bits per heavy atom. The standard InChI is InChI=1S/C7H14N2O2S2/c1-2-8-7(12)9-6-3-4-13(10,11)5-6/h6H,2-5H2,1H3,(H2,8,9,12).